The van der Waals surface area contributed by atoms with Crippen molar-refractivity contribution in [1.29, 1.82) is 0 Å². The predicted octanol–water partition coefficient (Wildman–Crippen LogP) is 6.68. The summed E-state index contributed by atoms with van der Waals surface area (Å²) in [6, 6.07) is 12.0. The van der Waals surface area contributed by atoms with Gasteiger partial charge in [-0.3, -0.25) is 19.6 Å². The largest absolute Gasteiger partial charge is 0.453 e. The zero-order valence-electron chi connectivity index (χ0n) is 19.0. The molecule has 0 atom stereocenters. The van der Waals surface area contributed by atoms with Crippen molar-refractivity contribution in [2.75, 3.05) is 11.3 Å². The Bertz CT molecular complexity index is 1460. The first-order chi connectivity index (χ1) is 17.5. The first kappa shape index (κ1) is 27.0. The monoisotopic (exact) mass is 583 g/mol. The Morgan fingerprint density at radius 1 is 1.03 bits per heavy atom. The third-order valence-corrected chi connectivity index (χ3v) is 7.77. The summed E-state index contributed by atoms with van der Waals surface area (Å²) in [5, 5.41) is 13.4. The summed E-state index contributed by atoms with van der Waals surface area (Å²) in [6.45, 7) is 0.510. The molecule has 1 aliphatic rings. The summed E-state index contributed by atoms with van der Waals surface area (Å²) < 4.78 is 34.3. The smallest absolute Gasteiger partial charge is 0.271 e. The second-order valence-electron chi connectivity index (χ2n) is 8.33. The minimum Gasteiger partial charge on any atom is -0.453 e. The Morgan fingerprint density at radius 3 is 2.32 bits per heavy atom. The normalized spacial score (nSPS) is 13.2. The molecule has 13 heteroatoms. The molecule has 194 valence electrons. The number of halogens is 3. The van der Waals surface area contributed by atoms with Crippen molar-refractivity contribution in [3.63, 3.8) is 0 Å². The lowest BCUT2D eigenvalue weighted by atomic mass is 10.1. The molecule has 0 unspecified atom stereocenters. The summed E-state index contributed by atoms with van der Waals surface area (Å²) in [6.07, 6.45) is 3.22. The molecule has 3 aromatic carbocycles. The van der Waals surface area contributed by atoms with E-state index < -0.39 is 20.9 Å². The van der Waals surface area contributed by atoms with E-state index in [9.17, 15) is 23.3 Å². The molecule has 9 nitrogen and oxygen atoms in total. The number of nitro benzene ring substituents is 1. The highest BCUT2D eigenvalue weighted by Crippen LogP contribution is 2.41. The van der Waals surface area contributed by atoms with Crippen molar-refractivity contribution in [3.05, 3.63) is 85.3 Å². The van der Waals surface area contributed by atoms with E-state index in [-0.39, 0.29) is 48.4 Å². The van der Waals surface area contributed by atoms with Crippen LogP contribution >= 0.6 is 34.8 Å². The molecule has 1 fully saturated rings. The lowest BCUT2D eigenvalue weighted by Crippen LogP contribution is -2.26. The Kier molecular flexibility index (Phi) is 8.13. The fourth-order valence-corrected chi connectivity index (χ4v) is 5.49. The van der Waals surface area contributed by atoms with Crippen molar-refractivity contribution >= 4 is 62.1 Å². The number of ether oxygens (including phenoxy) is 1. The van der Waals surface area contributed by atoms with Gasteiger partial charge < -0.3 is 10.1 Å². The minimum atomic E-state index is -4.21. The van der Waals surface area contributed by atoms with E-state index in [0.717, 1.165) is 24.6 Å². The van der Waals surface area contributed by atoms with E-state index in [1.165, 1.54) is 37.1 Å². The molecule has 0 radical (unpaired) electrons. The summed E-state index contributed by atoms with van der Waals surface area (Å²) >= 11 is 18.6. The van der Waals surface area contributed by atoms with Gasteiger partial charge in [-0.05, 0) is 42.7 Å². The maximum atomic E-state index is 13.1. The van der Waals surface area contributed by atoms with E-state index in [0.29, 0.717) is 12.5 Å². The molecule has 1 aliphatic carbocycles. The molecule has 3 aromatic rings. The van der Waals surface area contributed by atoms with Crippen LogP contribution in [0.25, 0.3) is 0 Å². The van der Waals surface area contributed by atoms with E-state index in [1.807, 2.05) is 0 Å². The van der Waals surface area contributed by atoms with Crippen LogP contribution in [0.5, 0.6) is 11.5 Å². The number of nitro groups is 1. The SMILES string of the molecule is O=C(NCCC1CC1)c1ccccc1NS(=O)(=O)c1cc(Cl)c(Oc2ccc([N+](=O)[O-])cc2Cl)c(Cl)c1. The number of carbonyl (C=O) groups excluding carboxylic acids is 1. The molecular formula is C24H20Cl3N3O6S. The number of rotatable bonds is 10. The Morgan fingerprint density at radius 2 is 1.70 bits per heavy atom. The molecule has 1 saturated carbocycles. The summed E-state index contributed by atoms with van der Waals surface area (Å²) in [7, 11) is -4.21. The van der Waals surface area contributed by atoms with Crippen molar-refractivity contribution in [3.8, 4) is 11.5 Å². The number of nitrogens with zero attached hydrogens (tertiary/aromatic N) is 1. The van der Waals surface area contributed by atoms with Crippen molar-refractivity contribution in [2.45, 2.75) is 24.2 Å². The molecule has 1 amide bonds. The van der Waals surface area contributed by atoms with Crippen LogP contribution in [0.15, 0.2) is 59.5 Å². The topological polar surface area (TPSA) is 128 Å². The van der Waals surface area contributed by atoms with Crippen molar-refractivity contribution in [2.24, 2.45) is 5.92 Å². The van der Waals surface area contributed by atoms with Gasteiger partial charge in [-0.1, -0.05) is 59.8 Å². The Labute approximate surface area is 227 Å². The number of amides is 1. The molecule has 0 saturated heterocycles. The van der Waals surface area contributed by atoms with Crippen LogP contribution in [-0.4, -0.2) is 25.8 Å². The van der Waals surface area contributed by atoms with Gasteiger partial charge in [0.25, 0.3) is 21.6 Å². The molecule has 0 heterocycles. The van der Waals surface area contributed by atoms with Crippen molar-refractivity contribution in [1.82, 2.24) is 5.32 Å². The van der Waals surface area contributed by atoms with Crippen LogP contribution < -0.4 is 14.8 Å². The molecule has 0 bridgehead atoms. The maximum absolute atomic E-state index is 13.1. The Hall–Kier alpha value is -3.05. The number of benzene rings is 3. The third-order valence-electron chi connectivity index (χ3n) is 5.57. The van der Waals surface area contributed by atoms with E-state index in [1.54, 1.807) is 12.1 Å². The van der Waals surface area contributed by atoms with E-state index in [2.05, 4.69) is 10.0 Å². The number of non-ortho nitro benzene ring substituents is 1. The second kappa shape index (κ2) is 11.1. The first-order valence-corrected chi connectivity index (χ1v) is 13.7. The van der Waals surface area contributed by atoms with Gasteiger partial charge in [0.15, 0.2) is 5.75 Å². The van der Waals surface area contributed by atoms with Crippen molar-refractivity contribution < 1.29 is 22.9 Å². The molecule has 0 spiro atoms. The van der Waals surface area contributed by atoms with Crippen LogP contribution in [0.1, 0.15) is 29.6 Å². The maximum Gasteiger partial charge on any atom is 0.271 e. The fraction of sp³-hybridized carbons (Fsp3) is 0.208. The first-order valence-electron chi connectivity index (χ1n) is 11.1. The number of anilines is 1. The number of nitrogens with one attached hydrogen (secondary N) is 2. The molecule has 4 rings (SSSR count). The predicted molar refractivity (Wildman–Crippen MR) is 142 cm³/mol. The number of sulfonamides is 1. The number of hydrogen-bond acceptors (Lipinski definition) is 6. The number of para-hydroxylation sites is 1. The van der Waals surface area contributed by atoms with Crippen LogP contribution in [0.4, 0.5) is 11.4 Å². The quantitative estimate of drug-likeness (QED) is 0.202. The molecular weight excluding hydrogens is 565 g/mol. The summed E-state index contributed by atoms with van der Waals surface area (Å²) in [5.74, 6) is 0.200. The lowest BCUT2D eigenvalue weighted by molar-refractivity contribution is -0.384. The van der Waals surface area contributed by atoms with Crippen LogP contribution in [0.2, 0.25) is 15.1 Å². The van der Waals surface area contributed by atoms with Gasteiger partial charge in [0, 0.05) is 18.7 Å². The van der Waals surface area contributed by atoms with Gasteiger partial charge in [-0.2, -0.15) is 0 Å². The van der Waals surface area contributed by atoms with Gasteiger partial charge >= 0.3 is 0 Å². The zero-order valence-corrected chi connectivity index (χ0v) is 22.1. The summed E-state index contributed by atoms with van der Waals surface area (Å²) in [5.41, 5.74) is 0.0300. The van der Waals surface area contributed by atoms with Gasteiger partial charge in [0.05, 0.1) is 36.1 Å². The summed E-state index contributed by atoms with van der Waals surface area (Å²) in [4.78, 5) is 22.7. The number of hydrogen-bond donors (Lipinski definition) is 2. The van der Waals surface area contributed by atoms with Crippen LogP contribution in [0.3, 0.4) is 0 Å². The highest BCUT2D eigenvalue weighted by Gasteiger charge is 2.24. The fourth-order valence-electron chi connectivity index (χ4n) is 3.45. The van der Waals surface area contributed by atoms with Crippen LogP contribution in [0, 0.1) is 16.0 Å². The average molecular weight is 585 g/mol. The van der Waals surface area contributed by atoms with Gasteiger partial charge in [0.1, 0.15) is 5.75 Å². The molecule has 0 aliphatic heterocycles. The highest BCUT2D eigenvalue weighted by atomic mass is 35.5. The highest BCUT2D eigenvalue weighted by molar-refractivity contribution is 7.92. The molecule has 0 aromatic heterocycles. The molecule has 2 N–H and O–H groups in total. The minimum absolute atomic E-state index is 0.0337. The zero-order chi connectivity index (χ0) is 26.7. The third kappa shape index (κ3) is 6.64. The van der Waals surface area contributed by atoms with E-state index >= 15 is 0 Å². The Balaban J connectivity index is 1.54. The van der Waals surface area contributed by atoms with Crippen LogP contribution in [-0.2, 0) is 10.0 Å². The van der Waals surface area contributed by atoms with Gasteiger partial charge in [0.2, 0.25) is 0 Å². The van der Waals surface area contributed by atoms with E-state index in [4.69, 9.17) is 39.5 Å². The molecule has 37 heavy (non-hydrogen) atoms. The average Bonchev–Trinajstić information content (AvgIpc) is 3.66. The van der Waals surface area contributed by atoms with Gasteiger partial charge in [-0.25, -0.2) is 8.42 Å². The second-order valence-corrected chi connectivity index (χ2v) is 11.2. The van der Waals surface area contributed by atoms with Gasteiger partial charge in [-0.15, -0.1) is 0 Å². The standard InChI is InChI=1S/C24H20Cl3N3O6S/c25-18-11-15(30(32)33)7-8-22(18)36-23-19(26)12-16(13-20(23)27)37(34,35)29-21-4-2-1-3-17(21)24(31)28-10-9-14-5-6-14/h1-4,7-8,11-14,29H,5-6,9-10H2,(H,28,31). The lowest BCUT2D eigenvalue weighted by Gasteiger charge is -2.15. The number of carbonyl (C=O) groups is 1.